The highest BCUT2D eigenvalue weighted by Gasteiger charge is 2.34. The molecule has 0 spiro atoms. The molecule has 0 aromatic heterocycles. The molecule has 1 atom stereocenters. The van der Waals surface area contributed by atoms with Crippen LogP contribution in [-0.4, -0.2) is 36.7 Å². The molecule has 1 saturated heterocycles. The number of hydrogen-bond donors (Lipinski definition) is 0. The van der Waals surface area contributed by atoms with Crippen molar-refractivity contribution in [2.45, 2.75) is 31.5 Å². The summed E-state index contributed by atoms with van der Waals surface area (Å²) in [5, 5.41) is 0. The minimum absolute atomic E-state index is 0.210. The van der Waals surface area contributed by atoms with Crippen molar-refractivity contribution in [1.29, 1.82) is 0 Å². The lowest BCUT2D eigenvalue weighted by molar-refractivity contribution is -0.137. The second kappa shape index (κ2) is 8.39. The smallest absolute Gasteiger partial charge is 0.416 e. The standard InChI is InChI=1S/C21H23F4NO2/c1-20(28-17-7-4-6-16(14-17)21(23,24)25)10-5-11-26(15-20)12-13-27-19-9-3-2-8-18(19)22/h2-4,6-9,14H,5,10-13,15H2,1H3. The van der Waals surface area contributed by atoms with Crippen LogP contribution in [0.5, 0.6) is 11.5 Å². The zero-order valence-electron chi connectivity index (χ0n) is 15.6. The highest BCUT2D eigenvalue weighted by atomic mass is 19.4. The highest BCUT2D eigenvalue weighted by molar-refractivity contribution is 5.31. The molecule has 0 saturated carbocycles. The Morgan fingerprint density at radius 3 is 2.64 bits per heavy atom. The highest BCUT2D eigenvalue weighted by Crippen LogP contribution is 2.33. The summed E-state index contributed by atoms with van der Waals surface area (Å²) in [4.78, 5) is 2.12. The molecule has 3 nitrogen and oxygen atoms in total. The summed E-state index contributed by atoms with van der Waals surface area (Å²) < 4.78 is 63.8. The maximum absolute atomic E-state index is 13.6. The molecule has 0 N–H and O–H groups in total. The monoisotopic (exact) mass is 397 g/mol. The van der Waals surface area contributed by atoms with Gasteiger partial charge in [0.15, 0.2) is 11.6 Å². The van der Waals surface area contributed by atoms with E-state index >= 15 is 0 Å². The molecule has 1 heterocycles. The number of rotatable bonds is 6. The van der Waals surface area contributed by atoms with E-state index in [1.807, 2.05) is 6.92 Å². The fraction of sp³-hybridized carbons (Fsp3) is 0.429. The molecule has 3 rings (SSSR count). The molecule has 152 valence electrons. The Balaban J connectivity index is 1.57. The van der Waals surface area contributed by atoms with Crippen molar-refractivity contribution in [2.75, 3.05) is 26.2 Å². The Labute approximate surface area is 161 Å². The van der Waals surface area contributed by atoms with Crippen molar-refractivity contribution < 1.29 is 27.0 Å². The van der Waals surface area contributed by atoms with Crippen LogP contribution in [0, 0.1) is 5.82 Å². The maximum Gasteiger partial charge on any atom is 0.416 e. The van der Waals surface area contributed by atoms with E-state index in [0.29, 0.717) is 19.7 Å². The molecule has 28 heavy (non-hydrogen) atoms. The van der Waals surface area contributed by atoms with Gasteiger partial charge in [-0.2, -0.15) is 13.2 Å². The normalized spacial score (nSPS) is 20.8. The molecule has 1 aliphatic rings. The maximum atomic E-state index is 13.6. The van der Waals surface area contributed by atoms with Crippen molar-refractivity contribution in [2.24, 2.45) is 0 Å². The average molecular weight is 397 g/mol. The number of nitrogens with zero attached hydrogens (tertiary/aromatic N) is 1. The predicted octanol–water partition coefficient (Wildman–Crippen LogP) is 5.16. The van der Waals surface area contributed by atoms with Crippen LogP contribution in [0.4, 0.5) is 17.6 Å². The lowest BCUT2D eigenvalue weighted by Crippen LogP contribution is -2.50. The first-order valence-corrected chi connectivity index (χ1v) is 9.21. The Hall–Kier alpha value is -2.28. The van der Waals surface area contributed by atoms with Crippen LogP contribution in [0.2, 0.25) is 0 Å². The lowest BCUT2D eigenvalue weighted by atomic mass is 9.94. The third kappa shape index (κ3) is 5.38. The molecule has 0 bridgehead atoms. The van der Waals surface area contributed by atoms with E-state index in [1.54, 1.807) is 24.3 Å². The molecule has 1 unspecified atom stereocenters. The Kier molecular flexibility index (Phi) is 6.13. The zero-order valence-corrected chi connectivity index (χ0v) is 15.6. The van der Waals surface area contributed by atoms with Gasteiger partial charge in [-0.1, -0.05) is 18.2 Å². The van der Waals surface area contributed by atoms with Crippen molar-refractivity contribution in [3.63, 3.8) is 0 Å². The summed E-state index contributed by atoms with van der Waals surface area (Å²) >= 11 is 0. The van der Waals surface area contributed by atoms with Crippen molar-refractivity contribution in [1.82, 2.24) is 4.90 Å². The van der Waals surface area contributed by atoms with E-state index < -0.39 is 23.2 Å². The van der Waals surface area contributed by atoms with Crippen molar-refractivity contribution in [3.8, 4) is 11.5 Å². The van der Waals surface area contributed by atoms with Crippen molar-refractivity contribution in [3.05, 3.63) is 59.9 Å². The molecule has 0 radical (unpaired) electrons. The largest absolute Gasteiger partial charge is 0.489 e. The van der Waals surface area contributed by atoms with E-state index in [9.17, 15) is 17.6 Å². The van der Waals surface area contributed by atoms with Crippen LogP contribution in [0.1, 0.15) is 25.3 Å². The fourth-order valence-electron chi connectivity index (χ4n) is 3.45. The molecule has 7 heteroatoms. The molecular formula is C21H23F4NO2. The second-order valence-corrected chi connectivity index (χ2v) is 7.24. The van der Waals surface area contributed by atoms with Gasteiger partial charge in [0.1, 0.15) is 18.0 Å². The fourth-order valence-corrected chi connectivity index (χ4v) is 3.45. The first-order chi connectivity index (χ1) is 13.3. The third-order valence-corrected chi connectivity index (χ3v) is 4.77. The minimum Gasteiger partial charge on any atom is -0.489 e. The predicted molar refractivity (Wildman–Crippen MR) is 98.0 cm³/mol. The van der Waals surface area contributed by atoms with E-state index in [4.69, 9.17) is 9.47 Å². The number of para-hydroxylation sites is 1. The van der Waals surface area contributed by atoms with E-state index in [-0.39, 0.29) is 11.5 Å². The number of benzene rings is 2. The molecule has 2 aromatic rings. The summed E-state index contributed by atoms with van der Waals surface area (Å²) in [7, 11) is 0. The van der Waals surface area contributed by atoms with Gasteiger partial charge >= 0.3 is 6.18 Å². The van der Waals surface area contributed by atoms with Crippen LogP contribution in [-0.2, 0) is 6.18 Å². The van der Waals surface area contributed by atoms with Gasteiger partial charge in [-0.3, -0.25) is 4.90 Å². The van der Waals surface area contributed by atoms with Crippen LogP contribution in [0.25, 0.3) is 0 Å². The Bertz CT molecular complexity index is 796. The van der Waals surface area contributed by atoms with E-state index in [2.05, 4.69) is 4.90 Å². The van der Waals surface area contributed by atoms with Crippen LogP contribution in [0.15, 0.2) is 48.5 Å². The number of hydrogen-bond acceptors (Lipinski definition) is 3. The van der Waals surface area contributed by atoms with Gasteiger partial charge in [0, 0.05) is 13.1 Å². The first-order valence-electron chi connectivity index (χ1n) is 9.21. The molecule has 1 fully saturated rings. The summed E-state index contributed by atoms with van der Waals surface area (Å²) in [6.45, 7) is 4.19. The Morgan fingerprint density at radius 2 is 1.89 bits per heavy atom. The van der Waals surface area contributed by atoms with Gasteiger partial charge < -0.3 is 9.47 Å². The topological polar surface area (TPSA) is 21.7 Å². The molecule has 0 aliphatic carbocycles. The quantitative estimate of drug-likeness (QED) is 0.629. The van der Waals surface area contributed by atoms with Gasteiger partial charge in [-0.05, 0) is 56.6 Å². The van der Waals surface area contributed by atoms with Crippen molar-refractivity contribution >= 4 is 0 Å². The van der Waals surface area contributed by atoms with Gasteiger partial charge in [0.2, 0.25) is 0 Å². The minimum atomic E-state index is -4.40. The number of ether oxygens (including phenoxy) is 2. The summed E-state index contributed by atoms with van der Waals surface area (Å²) in [5.41, 5.74) is -1.32. The van der Waals surface area contributed by atoms with E-state index in [0.717, 1.165) is 31.5 Å². The molecule has 2 aromatic carbocycles. The molecular weight excluding hydrogens is 374 g/mol. The van der Waals surface area contributed by atoms with Crippen LogP contribution in [0.3, 0.4) is 0 Å². The lowest BCUT2D eigenvalue weighted by Gasteiger charge is -2.40. The van der Waals surface area contributed by atoms with Gasteiger partial charge in [-0.25, -0.2) is 4.39 Å². The number of likely N-dealkylation sites (tertiary alicyclic amines) is 1. The third-order valence-electron chi connectivity index (χ3n) is 4.77. The number of alkyl halides is 3. The average Bonchev–Trinajstić information content (AvgIpc) is 2.62. The van der Waals surface area contributed by atoms with Gasteiger partial charge in [0.25, 0.3) is 0 Å². The summed E-state index contributed by atoms with van der Waals surface area (Å²) in [5.74, 6) is 0.0168. The number of piperidine rings is 1. The SMILES string of the molecule is CC1(Oc2cccc(C(F)(F)F)c2)CCCN(CCOc2ccccc2F)C1. The van der Waals surface area contributed by atoms with Crippen LogP contribution >= 0.6 is 0 Å². The van der Waals surface area contributed by atoms with E-state index in [1.165, 1.54) is 12.1 Å². The Morgan fingerprint density at radius 1 is 1.11 bits per heavy atom. The number of halogens is 4. The van der Waals surface area contributed by atoms with Crippen LogP contribution < -0.4 is 9.47 Å². The summed E-state index contributed by atoms with van der Waals surface area (Å²) in [6, 6.07) is 11.2. The molecule has 0 amide bonds. The van der Waals surface area contributed by atoms with Gasteiger partial charge in [0.05, 0.1) is 5.56 Å². The second-order valence-electron chi connectivity index (χ2n) is 7.24. The zero-order chi connectivity index (χ0) is 20.2. The molecule has 1 aliphatic heterocycles. The van der Waals surface area contributed by atoms with Gasteiger partial charge in [-0.15, -0.1) is 0 Å². The summed E-state index contributed by atoms with van der Waals surface area (Å²) in [6.07, 6.45) is -2.80. The first kappa shape index (κ1) is 20.5.